The molecule has 0 atom stereocenters. The molecule has 0 unspecified atom stereocenters. The smallest absolute Gasteiger partial charge is 0.345 e. The molecule has 8 nitrogen and oxygen atoms in total. The summed E-state index contributed by atoms with van der Waals surface area (Å²) in [6.07, 6.45) is 1.85. The average molecular weight is 533 g/mol. The first-order valence-electron chi connectivity index (χ1n) is 11.3. The van der Waals surface area contributed by atoms with Crippen molar-refractivity contribution in [2.75, 3.05) is 7.11 Å². The Labute approximate surface area is 221 Å². The predicted octanol–water partition coefficient (Wildman–Crippen LogP) is 5.45. The molecule has 0 bridgehead atoms. The zero-order chi connectivity index (χ0) is 27.4. The number of halogens is 1. The molecule has 0 saturated heterocycles. The third-order valence-electron chi connectivity index (χ3n) is 5.73. The van der Waals surface area contributed by atoms with Gasteiger partial charge >= 0.3 is 23.5 Å². The van der Waals surface area contributed by atoms with Crippen molar-refractivity contribution in [1.82, 2.24) is 0 Å². The summed E-state index contributed by atoms with van der Waals surface area (Å²) >= 11 is 6.25. The SMILES string of the molecule is COc1ccc(C(=O)OC(=O)Cc2c(-c3cccc(C=CC(=O)O)c3)c3cc(C)c(Cl)cc3oc2=O)cc1. The van der Waals surface area contributed by atoms with Crippen LogP contribution in [0.1, 0.15) is 27.0 Å². The minimum Gasteiger partial charge on any atom is -0.497 e. The Morgan fingerprint density at radius 2 is 1.79 bits per heavy atom. The minimum absolute atomic E-state index is 0.0221. The predicted molar refractivity (Wildman–Crippen MR) is 141 cm³/mol. The number of fused-ring (bicyclic) bond motifs is 1. The van der Waals surface area contributed by atoms with Gasteiger partial charge in [0.2, 0.25) is 0 Å². The number of rotatable bonds is 7. The molecule has 4 rings (SSSR count). The van der Waals surface area contributed by atoms with E-state index < -0.39 is 30.0 Å². The number of hydrogen-bond acceptors (Lipinski definition) is 7. The van der Waals surface area contributed by atoms with Gasteiger partial charge in [-0.25, -0.2) is 14.4 Å². The fourth-order valence-electron chi connectivity index (χ4n) is 3.89. The van der Waals surface area contributed by atoms with E-state index in [1.165, 1.54) is 31.4 Å². The molecule has 3 aromatic carbocycles. The number of methoxy groups -OCH3 is 1. The molecule has 192 valence electrons. The van der Waals surface area contributed by atoms with Crippen LogP contribution in [0, 0.1) is 6.92 Å². The van der Waals surface area contributed by atoms with Crippen LogP contribution in [0.3, 0.4) is 0 Å². The molecule has 0 amide bonds. The van der Waals surface area contributed by atoms with Gasteiger partial charge in [0.25, 0.3) is 0 Å². The van der Waals surface area contributed by atoms with E-state index in [9.17, 15) is 19.2 Å². The molecule has 1 heterocycles. The fourth-order valence-corrected chi connectivity index (χ4v) is 4.05. The summed E-state index contributed by atoms with van der Waals surface area (Å²) < 4.78 is 15.5. The Hall–Kier alpha value is -4.69. The molecule has 0 spiro atoms. The zero-order valence-electron chi connectivity index (χ0n) is 20.3. The molecule has 0 fully saturated rings. The number of hydrogen-bond donors (Lipinski definition) is 1. The van der Waals surface area contributed by atoms with Crippen molar-refractivity contribution in [3.05, 3.63) is 104 Å². The molecule has 9 heteroatoms. The van der Waals surface area contributed by atoms with Crippen molar-refractivity contribution in [2.24, 2.45) is 0 Å². The van der Waals surface area contributed by atoms with Gasteiger partial charge in [0, 0.05) is 28.1 Å². The van der Waals surface area contributed by atoms with Crippen molar-refractivity contribution >= 4 is 46.6 Å². The molecule has 1 aromatic heterocycles. The molecule has 0 radical (unpaired) electrons. The molecule has 0 aliphatic carbocycles. The molecule has 0 aliphatic heterocycles. The number of carboxylic acids is 1. The van der Waals surface area contributed by atoms with Crippen molar-refractivity contribution < 1.29 is 33.4 Å². The number of benzene rings is 3. The van der Waals surface area contributed by atoms with Gasteiger partial charge in [0.15, 0.2) is 0 Å². The van der Waals surface area contributed by atoms with Gasteiger partial charge in [-0.3, -0.25) is 4.79 Å². The summed E-state index contributed by atoms with van der Waals surface area (Å²) in [5.74, 6) is -2.42. The van der Waals surface area contributed by atoms with Gasteiger partial charge in [-0.15, -0.1) is 0 Å². The van der Waals surface area contributed by atoms with Crippen LogP contribution in [0.15, 0.2) is 76.0 Å². The van der Waals surface area contributed by atoms with Crippen LogP contribution in [0.25, 0.3) is 28.2 Å². The molecule has 0 saturated carbocycles. The molecule has 1 N–H and O–H groups in total. The van der Waals surface area contributed by atoms with E-state index >= 15 is 0 Å². The Balaban J connectivity index is 1.78. The zero-order valence-corrected chi connectivity index (χ0v) is 21.1. The number of ether oxygens (including phenoxy) is 2. The van der Waals surface area contributed by atoms with Gasteiger partial charge in [-0.05, 0) is 66.1 Å². The second-order valence-corrected chi connectivity index (χ2v) is 8.71. The Morgan fingerprint density at radius 1 is 1.05 bits per heavy atom. The van der Waals surface area contributed by atoms with Crippen LogP contribution in [0.5, 0.6) is 5.75 Å². The largest absolute Gasteiger partial charge is 0.497 e. The summed E-state index contributed by atoms with van der Waals surface area (Å²) in [5, 5.41) is 9.88. The summed E-state index contributed by atoms with van der Waals surface area (Å²) in [6, 6.07) is 16.0. The van der Waals surface area contributed by atoms with Crippen molar-refractivity contribution in [3.63, 3.8) is 0 Å². The van der Waals surface area contributed by atoms with Crippen LogP contribution in [0.2, 0.25) is 5.02 Å². The highest BCUT2D eigenvalue weighted by Crippen LogP contribution is 2.34. The second kappa shape index (κ2) is 11.1. The van der Waals surface area contributed by atoms with E-state index in [0.717, 1.165) is 6.08 Å². The molecular formula is C29H21ClO8. The van der Waals surface area contributed by atoms with E-state index in [-0.39, 0.29) is 16.7 Å². The number of aliphatic carboxylic acids is 1. The third-order valence-corrected chi connectivity index (χ3v) is 6.14. The summed E-state index contributed by atoms with van der Waals surface area (Å²) in [4.78, 5) is 49.4. The van der Waals surface area contributed by atoms with Gasteiger partial charge in [-0.2, -0.15) is 0 Å². The lowest BCUT2D eigenvalue weighted by molar-refractivity contribution is -0.137. The van der Waals surface area contributed by atoms with Crippen LogP contribution >= 0.6 is 11.6 Å². The van der Waals surface area contributed by atoms with Gasteiger partial charge in [0.1, 0.15) is 11.3 Å². The molecule has 38 heavy (non-hydrogen) atoms. The maximum Gasteiger partial charge on any atom is 0.345 e. The normalized spacial score (nSPS) is 11.0. The maximum absolute atomic E-state index is 13.1. The number of aryl methyl sites for hydroxylation is 1. The average Bonchev–Trinajstić information content (AvgIpc) is 2.89. The molecule has 4 aromatic rings. The molecular weight excluding hydrogens is 512 g/mol. The lowest BCUT2D eigenvalue weighted by Gasteiger charge is -2.13. The van der Waals surface area contributed by atoms with Crippen LogP contribution < -0.4 is 10.4 Å². The quantitative estimate of drug-likeness (QED) is 0.144. The Morgan fingerprint density at radius 3 is 2.47 bits per heavy atom. The Bertz CT molecular complexity index is 1650. The van der Waals surface area contributed by atoms with Gasteiger partial charge in [0.05, 0.1) is 24.7 Å². The summed E-state index contributed by atoms with van der Waals surface area (Å²) in [5.41, 5.74) is 1.70. The number of esters is 2. The third kappa shape index (κ3) is 5.82. The van der Waals surface area contributed by atoms with Crippen molar-refractivity contribution in [2.45, 2.75) is 13.3 Å². The summed E-state index contributed by atoms with van der Waals surface area (Å²) in [6.45, 7) is 1.78. The van der Waals surface area contributed by atoms with E-state index in [2.05, 4.69) is 0 Å². The fraction of sp³-hybridized carbons (Fsp3) is 0.103. The summed E-state index contributed by atoms with van der Waals surface area (Å²) in [7, 11) is 1.48. The first-order valence-corrected chi connectivity index (χ1v) is 11.7. The monoisotopic (exact) mass is 532 g/mol. The van der Waals surface area contributed by atoms with Crippen molar-refractivity contribution in [3.8, 4) is 16.9 Å². The van der Waals surface area contributed by atoms with Gasteiger partial charge in [-0.1, -0.05) is 29.8 Å². The lowest BCUT2D eigenvalue weighted by atomic mass is 9.93. The molecule has 0 aliphatic rings. The standard InChI is InChI=1S/C29H21ClO8/c1-16-12-21-24(15-23(16)30)37-29(35)22(27(21)19-5-3-4-17(13-19)6-11-25(31)32)14-26(33)38-28(34)18-7-9-20(36-2)10-8-18/h3-13,15H,14H2,1-2H3,(H,31,32). The minimum atomic E-state index is -1.11. The van der Waals surface area contributed by atoms with E-state index in [1.807, 2.05) is 0 Å². The number of carbonyl (C=O) groups is 3. The lowest BCUT2D eigenvalue weighted by Crippen LogP contribution is -2.20. The van der Waals surface area contributed by atoms with E-state index in [0.29, 0.717) is 38.4 Å². The first-order chi connectivity index (χ1) is 18.2. The number of carbonyl (C=O) groups excluding carboxylic acids is 2. The van der Waals surface area contributed by atoms with Crippen LogP contribution in [-0.4, -0.2) is 30.1 Å². The first kappa shape index (κ1) is 26.4. The van der Waals surface area contributed by atoms with Crippen LogP contribution in [0.4, 0.5) is 0 Å². The highest BCUT2D eigenvalue weighted by Gasteiger charge is 2.22. The highest BCUT2D eigenvalue weighted by atomic mass is 35.5. The van der Waals surface area contributed by atoms with Crippen LogP contribution in [-0.2, 0) is 20.7 Å². The maximum atomic E-state index is 13.1. The van der Waals surface area contributed by atoms with Crippen molar-refractivity contribution in [1.29, 1.82) is 0 Å². The highest BCUT2D eigenvalue weighted by molar-refractivity contribution is 6.32. The second-order valence-electron chi connectivity index (χ2n) is 8.30. The van der Waals surface area contributed by atoms with Gasteiger partial charge < -0.3 is 19.0 Å². The van der Waals surface area contributed by atoms with E-state index in [4.69, 9.17) is 30.6 Å². The van der Waals surface area contributed by atoms with E-state index in [1.54, 1.807) is 49.4 Å². The topological polar surface area (TPSA) is 120 Å². The Kier molecular flexibility index (Phi) is 7.74. The number of carboxylic acid groups (broad SMARTS) is 1.